The van der Waals surface area contributed by atoms with E-state index in [1.54, 1.807) is 0 Å². The number of carbonyl (C=O) groups is 2. The number of rotatable bonds is 1. The zero-order chi connectivity index (χ0) is 14.6. The van der Waals surface area contributed by atoms with Crippen LogP contribution in [0.4, 0.5) is 4.79 Å². The number of nitrogens with zero attached hydrogens (tertiary/aromatic N) is 1. The van der Waals surface area contributed by atoms with Gasteiger partial charge in [-0.2, -0.15) is 0 Å². The van der Waals surface area contributed by atoms with E-state index in [1.165, 1.54) is 12.0 Å². The third kappa shape index (κ3) is 2.30. The van der Waals surface area contributed by atoms with E-state index in [0.29, 0.717) is 12.5 Å². The molecular weight excluding hydrogens is 246 g/mol. The van der Waals surface area contributed by atoms with Gasteiger partial charge >= 0.3 is 12.1 Å². The van der Waals surface area contributed by atoms with Crippen molar-refractivity contribution in [2.24, 2.45) is 17.3 Å². The van der Waals surface area contributed by atoms with Crippen molar-refractivity contribution in [1.82, 2.24) is 4.90 Å². The van der Waals surface area contributed by atoms with Crippen molar-refractivity contribution in [3.05, 3.63) is 0 Å². The minimum absolute atomic E-state index is 0.109. The van der Waals surface area contributed by atoms with Crippen molar-refractivity contribution in [3.63, 3.8) is 0 Å². The number of fused-ring (bicyclic) bond motifs is 1. The lowest BCUT2D eigenvalue weighted by molar-refractivity contribution is -0.147. The number of amides is 1. The smallest absolute Gasteiger partial charge is 0.411 e. The van der Waals surface area contributed by atoms with Crippen LogP contribution in [0.25, 0.3) is 0 Å². The molecule has 0 spiro atoms. The van der Waals surface area contributed by atoms with E-state index in [2.05, 4.69) is 13.8 Å². The molecule has 0 aromatic heterocycles. The van der Waals surface area contributed by atoms with Crippen molar-refractivity contribution in [2.75, 3.05) is 13.7 Å². The molecule has 0 aromatic rings. The van der Waals surface area contributed by atoms with Gasteiger partial charge in [0, 0.05) is 12.5 Å². The second-order valence-corrected chi connectivity index (χ2v) is 7.05. The molecule has 1 saturated heterocycles. The van der Waals surface area contributed by atoms with Gasteiger partial charge < -0.3 is 9.47 Å². The van der Waals surface area contributed by atoms with Crippen LogP contribution in [0.2, 0.25) is 0 Å². The lowest BCUT2D eigenvalue weighted by Gasteiger charge is -2.31. The van der Waals surface area contributed by atoms with Crippen LogP contribution in [-0.4, -0.2) is 42.3 Å². The highest BCUT2D eigenvalue weighted by Gasteiger charge is 2.70. The molecule has 5 nitrogen and oxygen atoms in total. The molecule has 0 aromatic carbocycles. The Morgan fingerprint density at radius 3 is 2.32 bits per heavy atom. The maximum absolute atomic E-state index is 12.2. The van der Waals surface area contributed by atoms with Crippen LogP contribution in [0.3, 0.4) is 0 Å². The molecular formula is C14H23NO4. The predicted octanol–water partition coefficient (Wildman–Crippen LogP) is 2.05. The normalized spacial score (nSPS) is 31.7. The van der Waals surface area contributed by atoms with E-state index in [1.807, 2.05) is 20.8 Å². The average Bonchev–Trinajstić information content (AvgIpc) is 2.65. The third-order valence-corrected chi connectivity index (χ3v) is 4.28. The SMILES string of the molecule is COC(=O)[C@@H]1[C@@H]2[C@H](CN1C(=O)OC(C)(C)C)C2(C)C. The molecule has 0 unspecified atom stereocenters. The Balaban J connectivity index is 2.14. The summed E-state index contributed by atoms with van der Waals surface area (Å²) in [7, 11) is 1.36. The Hall–Kier alpha value is -1.26. The van der Waals surface area contributed by atoms with Gasteiger partial charge in [0.2, 0.25) is 0 Å². The molecule has 1 amide bonds. The van der Waals surface area contributed by atoms with E-state index in [9.17, 15) is 9.59 Å². The Kier molecular flexibility index (Phi) is 3.07. The van der Waals surface area contributed by atoms with Crippen molar-refractivity contribution in [1.29, 1.82) is 0 Å². The summed E-state index contributed by atoms with van der Waals surface area (Å²) in [6, 6.07) is -0.500. The maximum atomic E-state index is 12.2. The number of piperidine rings is 1. The van der Waals surface area contributed by atoms with E-state index in [-0.39, 0.29) is 17.3 Å². The van der Waals surface area contributed by atoms with Gasteiger partial charge in [0.15, 0.2) is 0 Å². The fourth-order valence-electron chi connectivity index (χ4n) is 3.18. The largest absolute Gasteiger partial charge is 0.467 e. The summed E-state index contributed by atoms with van der Waals surface area (Å²) in [5.74, 6) is 0.209. The standard InChI is InChI=1S/C14H23NO4/c1-13(2,3)19-12(17)15-7-8-9(14(8,4)5)10(15)11(16)18-6/h8-10H,7H2,1-6H3/t8-,9-,10-/m0/s1. The van der Waals surface area contributed by atoms with Gasteiger partial charge in [-0.25, -0.2) is 9.59 Å². The summed E-state index contributed by atoms with van der Waals surface area (Å²) >= 11 is 0. The van der Waals surface area contributed by atoms with Crippen LogP contribution in [-0.2, 0) is 14.3 Å². The van der Waals surface area contributed by atoms with Crippen LogP contribution >= 0.6 is 0 Å². The average molecular weight is 269 g/mol. The lowest BCUT2D eigenvalue weighted by Crippen LogP contribution is -2.47. The zero-order valence-corrected chi connectivity index (χ0v) is 12.5. The first kappa shape index (κ1) is 14.2. The van der Waals surface area contributed by atoms with E-state index < -0.39 is 17.7 Å². The fourth-order valence-corrected chi connectivity index (χ4v) is 3.18. The second kappa shape index (κ2) is 4.12. The Labute approximate surface area is 114 Å². The van der Waals surface area contributed by atoms with Crippen molar-refractivity contribution >= 4 is 12.1 Å². The van der Waals surface area contributed by atoms with Crippen LogP contribution in [0.5, 0.6) is 0 Å². The lowest BCUT2D eigenvalue weighted by atomic mass is 10.0. The molecule has 0 bridgehead atoms. The highest BCUT2D eigenvalue weighted by molar-refractivity contribution is 5.83. The molecule has 1 heterocycles. The summed E-state index contributed by atoms with van der Waals surface area (Å²) in [6.45, 7) is 10.3. The molecule has 1 aliphatic heterocycles. The second-order valence-electron chi connectivity index (χ2n) is 7.05. The number of methoxy groups -OCH3 is 1. The number of esters is 1. The van der Waals surface area contributed by atoms with Gasteiger partial charge in [0.1, 0.15) is 11.6 Å². The van der Waals surface area contributed by atoms with Crippen LogP contribution in [0, 0.1) is 17.3 Å². The summed E-state index contributed by atoms with van der Waals surface area (Å²) in [4.78, 5) is 25.6. The number of likely N-dealkylation sites (tertiary alicyclic amines) is 1. The summed E-state index contributed by atoms with van der Waals surface area (Å²) in [5.41, 5.74) is -0.447. The maximum Gasteiger partial charge on any atom is 0.411 e. The van der Waals surface area contributed by atoms with Crippen molar-refractivity contribution < 1.29 is 19.1 Å². The van der Waals surface area contributed by atoms with Gasteiger partial charge in [0.05, 0.1) is 7.11 Å². The van der Waals surface area contributed by atoms with Gasteiger partial charge in [-0.1, -0.05) is 13.8 Å². The van der Waals surface area contributed by atoms with Crippen LogP contribution in [0.1, 0.15) is 34.6 Å². The van der Waals surface area contributed by atoms with Crippen molar-refractivity contribution in [2.45, 2.75) is 46.3 Å². The minimum atomic E-state index is -0.556. The highest BCUT2D eigenvalue weighted by atomic mass is 16.6. The first-order chi connectivity index (χ1) is 8.59. The first-order valence-corrected chi connectivity index (χ1v) is 6.67. The van der Waals surface area contributed by atoms with Crippen LogP contribution < -0.4 is 0 Å². The Bertz CT molecular complexity index is 410. The van der Waals surface area contributed by atoms with Crippen LogP contribution in [0.15, 0.2) is 0 Å². The van der Waals surface area contributed by atoms with Gasteiger partial charge in [-0.15, -0.1) is 0 Å². The number of ether oxygens (including phenoxy) is 2. The predicted molar refractivity (Wildman–Crippen MR) is 69.5 cm³/mol. The zero-order valence-electron chi connectivity index (χ0n) is 12.5. The van der Waals surface area contributed by atoms with Gasteiger partial charge in [-0.05, 0) is 32.1 Å². The van der Waals surface area contributed by atoms with E-state index >= 15 is 0 Å². The summed E-state index contributed by atoms with van der Waals surface area (Å²) in [6.07, 6.45) is -0.425. The number of hydrogen-bond donors (Lipinski definition) is 0. The van der Waals surface area contributed by atoms with Crippen molar-refractivity contribution in [3.8, 4) is 0 Å². The third-order valence-electron chi connectivity index (χ3n) is 4.28. The summed E-state index contributed by atoms with van der Waals surface area (Å²) < 4.78 is 10.2. The molecule has 19 heavy (non-hydrogen) atoms. The molecule has 2 rings (SSSR count). The molecule has 2 fully saturated rings. The molecule has 1 saturated carbocycles. The Morgan fingerprint density at radius 1 is 1.26 bits per heavy atom. The molecule has 0 radical (unpaired) electrons. The van der Waals surface area contributed by atoms with Gasteiger partial charge in [0.25, 0.3) is 0 Å². The quantitative estimate of drug-likeness (QED) is 0.684. The molecule has 3 atom stereocenters. The topological polar surface area (TPSA) is 55.8 Å². The molecule has 1 aliphatic carbocycles. The highest BCUT2D eigenvalue weighted by Crippen LogP contribution is 2.65. The number of hydrogen-bond acceptors (Lipinski definition) is 4. The molecule has 2 aliphatic rings. The fraction of sp³-hybridized carbons (Fsp3) is 0.857. The monoisotopic (exact) mass is 269 g/mol. The Morgan fingerprint density at radius 2 is 1.84 bits per heavy atom. The molecule has 5 heteroatoms. The van der Waals surface area contributed by atoms with E-state index in [0.717, 1.165) is 0 Å². The summed E-state index contributed by atoms with van der Waals surface area (Å²) in [5, 5.41) is 0. The molecule has 0 N–H and O–H groups in total. The molecule has 108 valence electrons. The minimum Gasteiger partial charge on any atom is -0.467 e. The first-order valence-electron chi connectivity index (χ1n) is 6.67. The van der Waals surface area contributed by atoms with Gasteiger partial charge in [-0.3, -0.25) is 4.90 Å². The number of carbonyl (C=O) groups excluding carboxylic acids is 2. The van der Waals surface area contributed by atoms with E-state index in [4.69, 9.17) is 9.47 Å².